The second-order valence-electron chi connectivity index (χ2n) is 5.27. The van der Waals surface area contributed by atoms with Gasteiger partial charge in [-0.2, -0.15) is 0 Å². The topological polar surface area (TPSA) is 64.0 Å². The minimum Gasteiger partial charge on any atom is -0.355 e. The van der Waals surface area contributed by atoms with Gasteiger partial charge in [0.15, 0.2) is 0 Å². The molecule has 1 N–H and O–H groups in total. The molecule has 0 unspecified atom stereocenters. The van der Waals surface area contributed by atoms with Crippen LogP contribution in [0.3, 0.4) is 0 Å². The van der Waals surface area contributed by atoms with Crippen molar-refractivity contribution in [2.24, 2.45) is 0 Å². The predicted octanol–water partition coefficient (Wildman–Crippen LogP) is 3.18. The van der Waals surface area contributed by atoms with Gasteiger partial charge in [-0.05, 0) is 18.6 Å². The van der Waals surface area contributed by atoms with Crippen LogP contribution in [0.2, 0.25) is 5.02 Å². The van der Waals surface area contributed by atoms with Crippen LogP contribution in [0.5, 0.6) is 0 Å². The lowest BCUT2D eigenvalue weighted by Crippen LogP contribution is -2.32. The molecule has 23 heavy (non-hydrogen) atoms. The number of hydrogen-bond donors (Lipinski definition) is 1. The van der Waals surface area contributed by atoms with Gasteiger partial charge in [-0.25, -0.2) is 4.98 Å². The van der Waals surface area contributed by atoms with E-state index in [0.717, 1.165) is 22.9 Å². The summed E-state index contributed by atoms with van der Waals surface area (Å²) in [6, 6.07) is 5.54. The Balaban J connectivity index is 1.96. The Bertz CT molecular complexity index is 932. The highest BCUT2D eigenvalue weighted by molar-refractivity contribution is 7.25. The monoisotopic (exact) mass is 349 g/mol. The summed E-state index contributed by atoms with van der Waals surface area (Å²) < 4.78 is 2.78. The van der Waals surface area contributed by atoms with Gasteiger partial charge < -0.3 is 5.32 Å². The average Bonchev–Trinajstić information content (AvgIpc) is 2.91. The second-order valence-corrected chi connectivity index (χ2v) is 6.73. The first kappa shape index (κ1) is 16.0. The molecule has 2 heterocycles. The molecule has 0 fully saturated rings. The maximum Gasteiger partial charge on any atom is 0.271 e. The Morgan fingerprint density at radius 2 is 2.26 bits per heavy atom. The van der Waals surface area contributed by atoms with E-state index in [0.29, 0.717) is 21.8 Å². The van der Waals surface area contributed by atoms with Gasteiger partial charge in [0.1, 0.15) is 11.2 Å². The van der Waals surface area contributed by atoms with E-state index >= 15 is 0 Å². The molecular weight excluding hydrogens is 334 g/mol. The zero-order valence-corrected chi connectivity index (χ0v) is 14.2. The fraction of sp³-hybridized carbons (Fsp3) is 0.312. The van der Waals surface area contributed by atoms with Crippen LogP contribution >= 0.6 is 22.9 Å². The molecule has 7 heteroatoms. The van der Waals surface area contributed by atoms with Gasteiger partial charge >= 0.3 is 0 Å². The van der Waals surface area contributed by atoms with Crippen LogP contribution in [0.4, 0.5) is 0 Å². The number of thiophene rings is 1. The highest BCUT2D eigenvalue weighted by Crippen LogP contribution is 2.34. The van der Waals surface area contributed by atoms with E-state index in [1.807, 2.05) is 12.1 Å². The van der Waals surface area contributed by atoms with Gasteiger partial charge in [0.25, 0.3) is 5.56 Å². The molecule has 120 valence electrons. The molecule has 3 aromatic rings. The third-order valence-electron chi connectivity index (χ3n) is 3.59. The SMILES string of the molecule is CCCCNC(=O)Cn1cnc2c(sc3cccc(Cl)c32)c1=O. The number of benzene rings is 1. The number of carbonyl (C=O) groups is 1. The summed E-state index contributed by atoms with van der Waals surface area (Å²) in [5, 5.41) is 4.18. The fourth-order valence-corrected chi connectivity index (χ4v) is 3.85. The van der Waals surface area contributed by atoms with Crippen molar-refractivity contribution in [1.82, 2.24) is 14.9 Å². The fourth-order valence-electron chi connectivity index (χ4n) is 2.40. The molecule has 0 bridgehead atoms. The van der Waals surface area contributed by atoms with Crippen LogP contribution in [0.15, 0.2) is 29.3 Å². The molecule has 2 aromatic heterocycles. The molecule has 0 aliphatic rings. The number of hydrogen-bond acceptors (Lipinski definition) is 4. The van der Waals surface area contributed by atoms with E-state index in [1.54, 1.807) is 6.07 Å². The Morgan fingerprint density at radius 3 is 3.04 bits per heavy atom. The number of carbonyl (C=O) groups excluding carboxylic acids is 1. The van der Waals surface area contributed by atoms with Crippen LogP contribution < -0.4 is 10.9 Å². The van der Waals surface area contributed by atoms with Gasteiger partial charge in [0.05, 0.1) is 16.9 Å². The summed E-state index contributed by atoms with van der Waals surface area (Å²) in [6.45, 7) is 2.66. The molecule has 0 radical (unpaired) electrons. The van der Waals surface area contributed by atoms with E-state index in [4.69, 9.17) is 11.6 Å². The molecule has 1 amide bonds. The van der Waals surface area contributed by atoms with Gasteiger partial charge in [-0.15, -0.1) is 11.3 Å². The summed E-state index contributed by atoms with van der Waals surface area (Å²) in [4.78, 5) is 28.8. The van der Waals surface area contributed by atoms with E-state index in [-0.39, 0.29) is 18.0 Å². The minimum atomic E-state index is -0.210. The third kappa shape index (κ3) is 3.09. The van der Waals surface area contributed by atoms with E-state index < -0.39 is 0 Å². The third-order valence-corrected chi connectivity index (χ3v) is 5.03. The highest BCUT2D eigenvalue weighted by atomic mass is 35.5. The van der Waals surface area contributed by atoms with Crippen molar-refractivity contribution < 1.29 is 4.79 Å². The van der Waals surface area contributed by atoms with Crippen molar-refractivity contribution >= 4 is 49.1 Å². The molecule has 0 atom stereocenters. The Morgan fingerprint density at radius 1 is 1.43 bits per heavy atom. The average molecular weight is 350 g/mol. The smallest absolute Gasteiger partial charge is 0.271 e. The van der Waals surface area contributed by atoms with Crippen molar-refractivity contribution in [2.75, 3.05) is 6.54 Å². The van der Waals surface area contributed by atoms with Gasteiger partial charge in [-0.1, -0.05) is 31.0 Å². The lowest BCUT2D eigenvalue weighted by atomic mass is 10.2. The van der Waals surface area contributed by atoms with Crippen molar-refractivity contribution in [3.05, 3.63) is 39.9 Å². The number of fused-ring (bicyclic) bond motifs is 3. The first-order chi connectivity index (χ1) is 11.1. The number of amides is 1. The molecule has 5 nitrogen and oxygen atoms in total. The van der Waals surface area contributed by atoms with Crippen LogP contribution in [0, 0.1) is 0 Å². The van der Waals surface area contributed by atoms with Crippen LogP contribution in [0.1, 0.15) is 19.8 Å². The quantitative estimate of drug-likeness (QED) is 0.719. The number of rotatable bonds is 5. The number of unbranched alkanes of at least 4 members (excludes halogenated alkanes) is 1. The van der Waals surface area contributed by atoms with Crippen molar-refractivity contribution in [3.8, 4) is 0 Å². The van der Waals surface area contributed by atoms with E-state index in [9.17, 15) is 9.59 Å². The molecule has 0 aliphatic carbocycles. The van der Waals surface area contributed by atoms with Gasteiger partial charge in [0.2, 0.25) is 5.91 Å². The number of halogens is 1. The van der Waals surface area contributed by atoms with E-state index in [2.05, 4.69) is 17.2 Å². The molecule has 0 saturated heterocycles. The summed E-state index contributed by atoms with van der Waals surface area (Å²) >= 11 is 7.57. The zero-order chi connectivity index (χ0) is 16.4. The summed E-state index contributed by atoms with van der Waals surface area (Å²) in [7, 11) is 0. The first-order valence-electron chi connectivity index (χ1n) is 7.44. The zero-order valence-electron chi connectivity index (χ0n) is 12.6. The molecule has 1 aromatic carbocycles. The molecule has 0 saturated carbocycles. The Hall–Kier alpha value is -1.92. The number of nitrogens with zero attached hydrogens (tertiary/aromatic N) is 2. The van der Waals surface area contributed by atoms with Crippen LogP contribution in [0.25, 0.3) is 20.3 Å². The maximum atomic E-state index is 12.6. The number of aromatic nitrogens is 2. The van der Waals surface area contributed by atoms with Crippen molar-refractivity contribution in [3.63, 3.8) is 0 Å². The van der Waals surface area contributed by atoms with Gasteiger partial charge in [0, 0.05) is 16.6 Å². The molecule has 0 spiro atoms. The predicted molar refractivity (Wildman–Crippen MR) is 94.3 cm³/mol. The Labute approximate surface area is 141 Å². The normalized spacial score (nSPS) is 11.2. The van der Waals surface area contributed by atoms with Crippen LogP contribution in [-0.2, 0) is 11.3 Å². The first-order valence-corrected chi connectivity index (χ1v) is 8.64. The van der Waals surface area contributed by atoms with E-state index in [1.165, 1.54) is 22.2 Å². The highest BCUT2D eigenvalue weighted by Gasteiger charge is 2.14. The Kier molecular flexibility index (Phi) is 4.63. The lowest BCUT2D eigenvalue weighted by Gasteiger charge is -2.06. The van der Waals surface area contributed by atoms with Crippen LogP contribution in [-0.4, -0.2) is 22.0 Å². The lowest BCUT2D eigenvalue weighted by molar-refractivity contribution is -0.121. The number of nitrogens with one attached hydrogen (secondary N) is 1. The largest absolute Gasteiger partial charge is 0.355 e. The summed E-state index contributed by atoms with van der Waals surface area (Å²) in [5.41, 5.74) is 0.390. The van der Waals surface area contributed by atoms with Gasteiger partial charge in [-0.3, -0.25) is 14.2 Å². The summed E-state index contributed by atoms with van der Waals surface area (Å²) in [5.74, 6) is -0.180. The molecule has 3 rings (SSSR count). The minimum absolute atomic E-state index is 0.0204. The van der Waals surface area contributed by atoms with Crippen molar-refractivity contribution in [2.45, 2.75) is 26.3 Å². The maximum absolute atomic E-state index is 12.6. The summed E-state index contributed by atoms with van der Waals surface area (Å²) in [6.07, 6.45) is 3.35. The molecular formula is C16H16ClN3O2S. The molecule has 0 aliphatic heterocycles. The second kappa shape index (κ2) is 6.68. The van der Waals surface area contributed by atoms with Crippen molar-refractivity contribution in [1.29, 1.82) is 0 Å². The standard InChI is InChI=1S/C16H16ClN3O2S/c1-2-3-7-18-12(21)8-20-9-19-14-13-10(17)5-4-6-11(13)23-15(14)16(20)22/h4-6,9H,2-3,7-8H2,1H3,(H,18,21).